The summed E-state index contributed by atoms with van der Waals surface area (Å²) >= 11 is 0. The van der Waals surface area contributed by atoms with Crippen LogP contribution >= 0.6 is 0 Å². The molecule has 0 aliphatic carbocycles. The molecule has 14 heavy (non-hydrogen) atoms. The molecule has 1 aliphatic heterocycles. The fourth-order valence-corrected chi connectivity index (χ4v) is 1.36. The van der Waals surface area contributed by atoms with Crippen LogP contribution in [-0.2, 0) is 9.53 Å². The van der Waals surface area contributed by atoms with Gasteiger partial charge in [0.2, 0.25) is 5.91 Å². The van der Waals surface area contributed by atoms with E-state index >= 15 is 0 Å². The van der Waals surface area contributed by atoms with Gasteiger partial charge in [-0.2, -0.15) is 0 Å². The fourth-order valence-electron chi connectivity index (χ4n) is 1.36. The number of carbonyl (C=O) groups excluding carboxylic acids is 1. The van der Waals surface area contributed by atoms with E-state index in [1.165, 1.54) is 0 Å². The Balaban J connectivity index is 1.96. The van der Waals surface area contributed by atoms with Crippen molar-refractivity contribution in [3.05, 3.63) is 0 Å². The molecule has 82 valence electrons. The van der Waals surface area contributed by atoms with E-state index in [0.29, 0.717) is 12.6 Å². The lowest BCUT2D eigenvalue weighted by atomic mass is 10.2. The molecular weight excluding hydrogens is 180 g/mol. The van der Waals surface area contributed by atoms with Crippen LogP contribution in [0.1, 0.15) is 20.3 Å². The molecule has 1 amide bonds. The molecule has 0 saturated carbocycles. The summed E-state index contributed by atoms with van der Waals surface area (Å²) in [6.07, 6.45) is 1.08. The first kappa shape index (κ1) is 11.5. The highest BCUT2D eigenvalue weighted by Gasteiger charge is 2.14. The first-order valence-electron chi connectivity index (χ1n) is 5.29. The Morgan fingerprint density at radius 3 is 2.86 bits per heavy atom. The van der Waals surface area contributed by atoms with Crippen molar-refractivity contribution in [2.45, 2.75) is 26.3 Å². The summed E-state index contributed by atoms with van der Waals surface area (Å²) in [5.41, 5.74) is 0. The summed E-state index contributed by atoms with van der Waals surface area (Å²) in [6, 6.07) is 0.478. The van der Waals surface area contributed by atoms with E-state index in [1.54, 1.807) is 0 Å². The largest absolute Gasteiger partial charge is 0.380 e. The molecule has 4 nitrogen and oxygen atoms in total. The van der Waals surface area contributed by atoms with Crippen LogP contribution in [-0.4, -0.2) is 38.3 Å². The molecule has 0 bridgehead atoms. The monoisotopic (exact) mass is 200 g/mol. The second-order valence-corrected chi connectivity index (χ2v) is 3.96. The van der Waals surface area contributed by atoms with Crippen molar-refractivity contribution in [1.29, 1.82) is 0 Å². The maximum atomic E-state index is 11.2. The standard InChI is InChI=1S/C10H20N2O2/c1-8(2)10(13)12-5-4-11-9-3-6-14-7-9/h8-9,11H,3-7H2,1-2H3,(H,12,13). The minimum atomic E-state index is 0.0739. The van der Waals surface area contributed by atoms with Gasteiger partial charge in [-0.1, -0.05) is 13.8 Å². The normalized spacial score (nSPS) is 21.5. The smallest absolute Gasteiger partial charge is 0.222 e. The minimum absolute atomic E-state index is 0.0739. The van der Waals surface area contributed by atoms with Crippen molar-refractivity contribution in [3.63, 3.8) is 0 Å². The third-order valence-corrected chi connectivity index (χ3v) is 2.31. The second-order valence-electron chi connectivity index (χ2n) is 3.96. The topological polar surface area (TPSA) is 50.4 Å². The lowest BCUT2D eigenvalue weighted by Crippen LogP contribution is -2.38. The average Bonchev–Trinajstić information content (AvgIpc) is 2.64. The summed E-state index contributed by atoms with van der Waals surface area (Å²) in [5.74, 6) is 0.194. The van der Waals surface area contributed by atoms with E-state index in [4.69, 9.17) is 4.74 Å². The third kappa shape index (κ3) is 4.07. The number of nitrogens with one attached hydrogen (secondary N) is 2. The van der Waals surface area contributed by atoms with E-state index in [-0.39, 0.29) is 11.8 Å². The highest BCUT2D eigenvalue weighted by molar-refractivity contribution is 5.77. The lowest BCUT2D eigenvalue weighted by Gasteiger charge is -2.11. The summed E-state index contributed by atoms with van der Waals surface area (Å²) in [4.78, 5) is 11.2. The van der Waals surface area contributed by atoms with Crippen LogP contribution in [0.15, 0.2) is 0 Å². The molecule has 1 aliphatic rings. The quantitative estimate of drug-likeness (QED) is 0.621. The van der Waals surface area contributed by atoms with Crippen LogP contribution < -0.4 is 10.6 Å². The van der Waals surface area contributed by atoms with Gasteiger partial charge in [0.1, 0.15) is 0 Å². The maximum Gasteiger partial charge on any atom is 0.222 e. The van der Waals surface area contributed by atoms with E-state index < -0.39 is 0 Å². The highest BCUT2D eigenvalue weighted by Crippen LogP contribution is 2.01. The van der Waals surface area contributed by atoms with Crippen LogP contribution in [0.2, 0.25) is 0 Å². The molecule has 1 fully saturated rings. The zero-order valence-corrected chi connectivity index (χ0v) is 9.01. The molecule has 4 heteroatoms. The van der Waals surface area contributed by atoms with Crippen LogP contribution in [0.5, 0.6) is 0 Å². The van der Waals surface area contributed by atoms with Crippen molar-refractivity contribution in [1.82, 2.24) is 10.6 Å². The number of hydrogen-bond donors (Lipinski definition) is 2. The van der Waals surface area contributed by atoms with Gasteiger partial charge in [0.15, 0.2) is 0 Å². The SMILES string of the molecule is CC(C)C(=O)NCCNC1CCOC1. The molecule has 0 spiro atoms. The van der Waals surface area contributed by atoms with Crippen LogP contribution in [0.4, 0.5) is 0 Å². The van der Waals surface area contributed by atoms with Gasteiger partial charge in [0.05, 0.1) is 6.61 Å². The number of hydrogen-bond acceptors (Lipinski definition) is 3. The molecular formula is C10H20N2O2. The molecule has 0 aromatic carbocycles. The second kappa shape index (κ2) is 5.98. The Morgan fingerprint density at radius 1 is 1.50 bits per heavy atom. The number of amides is 1. The first-order chi connectivity index (χ1) is 6.70. The van der Waals surface area contributed by atoms with Gasteiger partial charge < -0.3 is 15.4 Å². The van der Waals surface area contributed by atoms with Gasteiger partial charge >= 0.3 is 0 Å². The van der Waals surface area contributed by atoms with Gasteiger partial charge in [-0.25, -0.2) is 0 Å². The molecule has 0 radical (unpaired) electrons. The summed E-state index contributed by atoms with van der Waals surface area (Å²) in [5, 5.41) is 6.20. The van der Waals surface area contributed by atoms with Crippen molar-refractivity contribution < 1.29 is 9.53 Å². The van der Waals surface area contributed by atoms with Crippen LogP contribution in [0, 0.1) is 5.92 Å². The van der Waals surface area contributed by atoms with Gasteiger partial charge in [-0.3, -0.25) is 4.79 Å². The Hall–Kier alpha value is -0.610. The van der Waals surface area contributed by atoms with Crippen molar-refractivity contribution in [2.24, 2.45) is 5.92 Å². The highest BCUT2D eigenvalue weighted by atomic mass is 16.5. The van der Waals surface area contributed by atoms with Crippen molar-refractivity contribution in [3.8, 4) is 0 Å². The lowest BCUT2D eigenvalue weighted by molar-refractivity contribution is -0.123. The van der Waals surface area contributed by atoms with Crippen LogP contribution in [0.3, 0.4) is 0 Å². The van der Waals surface area contributed by atoms with E-state index in [1.807, 2.05) is 13.8 Å². The van der Waals surface area contributed by atoms with Gasteiger partial charge in [-0.05, 0) is 6.42 Å². The maximum absolute atomic E-state index is 11.2. The van der Waals surface area contributed by atoms with Crippen LogP contribution in [0.25, 0.3) is 0 Å². The van der Waals surface area contributed by atoms with E-state index in [2.05, 4.69) is 10.6 Å². The van der Waals surface area contributed by atoms with Crippen molar-refractivity contribution >= 4 is 5.91 Å². The number of ether oxygens (including phenoxy) is 1. The van der Waals surface area contributed by atoms with Gasteiger partial charge in [-0.15, -0.1) is 0 Å². The predicted molar refractivity (Wildman–Crippen MR) is 55.1 cm³/mol. The molecule has 1 rings (SSSR count). The van der Waals surface area contributed by atoms with E-state index in [9.17, 15) is 4.79 Å². The zero-order chi connectivity index (χ0) is 10.4. The van der Waals surface area contributed by atoms with E-state index in [0.717, 1.165) is 26.2 Å². The Morgan fingerprint density at radius 2 is 2.29 bits per heavy atom. The molecule has 1 unspecified atom stereocenters. The first-order valence-corrected chi connectivity index (χ1v) is 5.29. The number of carbonyl (C=O) groups is 1. The van der Waals surface area contributed by atoms with Gasteiger partial charge in [0, 0.05) is 31.7 Å². The Labute approximate surface area is 85.4 Å². The molecule has 1 atom stereocenters. The molecule has 1 heterocycles. The summed E-state index contributed by atoms with van der Waals surface area (Å²) in [6.45, 7) is 6.98. The van der Waals surface area contributed by atoms with Crippen molar-refractivity contribution in [2.75, 3.05) is 26.3 Å². The average molecular weight is 200 g/mol. The Bertz CT molecular complexity index is 177. The summed E-state index contributed by atoms with van der Waals surface area (Å²) in [7, 11) is 0. The number of rotatable bonds is 5. The minimum Gasteiger partial charge on any atom is -0.380 e. The zero-order valence-electron chi connectivity index (χ0n) is 9.01. The molecule has 1 saturated heterocycles. The Kier molecular flexibility index (Phi) is 4.90. The molecule has 2 N–H and O–H groups in total. The third-order valence-electron chi connectivity index (χ3n) is 2.31. The summed E-state index contributed by atoms with van der Waals surface area (Å²) < 4.78 is 5.22. The molecule has 0 aromatic rings. The fraction of sp³-hybridized carbons (Fsp3) is 0.900. The van der Waals surface area contributed by atoms with Gasteiger partial charge in [0.25, 0.3) is 0 Å². The molecule has 0 aromatic heterocycles. The predicted octanol–water partition coefficient (Wildman–Crippen LogP) is 0.137.